The third-order valence-corrected chi connectivity index (χ3v) is 7.18. The van der Waals surface area contributed by atoms with Crippen LogP contribution in [0, 0.1) is 17.5 Å². The van der Waals surface area contributed by atoms with Gasteiger partial charge in [0.2, 0.25) is 5.43 Å². The van der Waals surface area contributed by atoms with Crippen LogP contribution in [0.5, 0.6) is 0 Å². The number of thiophene rings is 1. The zero-order chi connectivity index (χ0) is 24.9. The molecule has 1 N–H and O–H groups in total. The summed E-state index contributed by atoms with van der Waals surface area (Å²) < 4.78 is 49.7. The number of esters is 1. The monoisotopic (exact) mass is 500 g/mol. The van der Waals surface area contributed by atoms with Gasteiger partial charge in [-0.15, -0.1) is 11.3 Å². The lowest BCUT2D eigenvalue weighted by molar-refractivity contribution is 0.0524. The minimum Gasteiger partial charge on any atom is -0.462 e. The Kier molecular flexibility index (Phi) is 5.94. The molecule has 0 spiro atoms. The summed E-state index contributed by atoms with van der Waals surface area (Å²) in [6, 6.07) is 5.52. The van der Waals surface area contributed by atoms with E-state index in [1.807, 2.05) is 0 Å². The molecule has 1 unspecified atom stereocenters. The molecule has 0 saturated heterocycles. The van der Waals surface area contributed by atoms with Crippen LogP contribution in [0.15, 0.2) is 41.3 Å². The Morgan fingerprint density at radius 3 is 2.74 bits per heavy atom. The van der Waals surface area contributed by atoms with E-state index in [1.54, 1.807) is 13.0 Å². The van der Waals surface area contributed by atoms with Gasteiger partial charge < -0.3 is 9.84 Å². The van der Waals surface area contributed by atoms with Crippen LogP contribution in [0.3, 0.4) is 0 Å². The second-order valence-electron chi connectivity index (χ2n) is 8.16. The number of aryl methyl sites for hydroxylation is 1. The van der Waals surface area contributed by atoms with Crippen LogP contribution in [0.1, 0.15) is 46.7 Å². The molecular weight excluding hydrogens is 481 g/mol. The van der Waals surface area contributed by atoms with E-state index in [-0.39, 0.29) is 29.0 Å². The standard InChI is InChI=1S/C25H19F3N2O4S/c1-2-34-25(33)15-11-30(18-7-6-13(26)9-16(18)27)24-14(22(15)32)10-17(28)21(29-24)20-8-12-4-3-5-19(31)23(12)35-20/h6-11,19,31H,2-5H2,1H3. The lowest BCUT2D eigenvalue weighted by atomic mass is 9.97. The molecule has 180 valence electrons. The highest BCUT2D eigenvalue weighted by Gasteiger charge is 2.25. The zero-order valence-corrected chi connectivity index (χ0v) is 19.3. The number of nitrogens with zero attached hydrogens (tertiary/aromatic N) is 2. The number of benzene rings is 1. The number of aliphatic hydroxyl groups excluding tert-OH is 1. The average Bonchev–Trinajstić information content (AvgIpc) is 3.25. The van der Waals surface area contributed by atoms with Gasteiger partial charge in [-0.1, -0.05) is 0 Å². The molecular formula is C25H19F3N2O4S. The summed E-state index contributed by atoms with van der Waals surface area (Å²) in [6.45, 7) is 1.55. The number of aliphatic hydroxyl groups is 1. The van der Waals surface area contributed by atoms with Gasteiger partial charge in [-0.25, -0.2) is 22.9 Å². The third kappa shape index (κ3) is 4.02. The normalized spacial score (nSPS) is 15.3. The van der Waals surface area contributed by atoms with Crippen molar-refractivity contribution in [2.75, 3.05) is 6.61 Å². The predicted octanol–water partition coefficient (Wildman–Crippen LogP) is 5.08. The maximum atomic E-state index is 15.3. The van der Waals surface area contributed by atoms with Gasteiger partial charge in [0.15, 0.2) is 5.82 Å². The largest absolute Gasteiger partial charge is 0.462 e. The first-order chi connectivity index (χ1) is 16.8. The van der Waals surface area contributed by atoms with Crippen molar-refractivity contribution >= 4 is 28.3 Å². The van der Waals surface area contributed by atoms with Crippen molar-refractivity contribution in [2.24, 2.45) is 0 Å². The van der Waals surface area contributed by atoms with Crippen molar-refractivity contribution in [2.45, 2.75) is 32.3 Å². The van der Waals surface area contributed by atoms with Crippen molar-refractivity contribution in [1.82, 2.24) is 9.55 Å². The van der Waals surface area contributed by atoms with E-state index < -0.39 is 40.5 Å². The summed E-state index contributed by atoms with van der Waals surface area (Å²) in [4.78, 5) is 31.0. The van der Waals surface area contributed by atoms with Crippen molar-refractivity contribution in [3.8, 4) is 16.3 Å². The summed E-state index contributed by atoms with van der Waals surface area (Å²) >= 11 is 1.21. The van der Waals surface area contributed by atoms with E-state index in [0.29, 0.717) is 17.4 Å². The number of rotatable bonds is 4. The Morgan fingerprint density at radius 1 is 1.23 bits per heavy atom. The van der Waals surface area contributed by atoms with Crippen LogP contribution < -0.4 is 5.43 Å². The fourth-order valence-electron chi connectivity index (χ4n) is 4.27. The number of aromatic nitrogens is 2. The van der Waals surface area contributed by atoms with Crippen LogP contribution in [-0.2, 0) is 11.2 Å². The highest BCUT2D eigenvalue weighted by Crippen LogP contribution is 2.40. The predicted molar refractivity (Wildman–Crippen MR) is 124 cm³/mol. The number of ether oxygens (including phenoxy) is 1. The number of hydrogen-bond donors (Lipinski definition) is 1. The molecule has 1 aliphatic rings. The lowest BCUT2D eigenvalue weighted by Gasteiger charge is -2.16. The molecule has 4 aromatic rings. The summed E-state index contributed by atoms with van der Waals surface area (Å²) in [7, 11) is 0. The highest BCUT2D eigenvalue weighted by atomic mass is 32.1. The molecule has 10 heteroatoms. The van der Waals surface area contributed by atoms with Crippen molar-refractivity contribution < 1.29 is 27.8 Å². The third-order valence-electron chi connectivity index (χ3n) is 5.90. The Bertz CT molecular complexity index is 1550. The molecule has 0 amide bonds. The van der Waals surface area contributed by atoms with Crippen molar-refractivity contribution in [1.29, 1.82) is 0 Å². The van der Waals surface area contributed by atoms with Gasteiger partial charge >= 0.3 is 5.97 Å². The first kappa shape index (κ1) is 23.3. The number of carbonyl (C=O) groups excluding carboxylic acids is 1. The zero-order valence-electron chi connectivity index (χ0n) is 18.5. The lowest BCUT2D eigenvalue weighted by Crippen LogP contribution is -2.21. The van der Waals surface area contributed by atoms with E-state index in [9.17, 15) is 23.5 Å². The van der Waals surface area contributed by atoms with E-state index in [1.165, 1.54) is 11.3 Å². The summed E-state index contributed by atoms with van der Waals surface area (Å²) in [5.74, 6) is -3.55. The molecule has 1 aromatic carbocycles. The van der Waals surface area contributed by atoms with Gasteiger partial charge in [-0.05, 0) is 56.0 Å². The molecule has 1 aliphatic carbocycles. The Morgan fingerprint density at radius 2 is 2.03 bits per heavy atom. The fraction of sp³-hybridized carbons (Fsp3) is 0.240. The van der Waals surface area contributed by atoms with Gasteiger partial charge in [0, 0.05) is 17.1 Å². The van der Waals surface area contributed by atoms with Crippen LogP contribution >= 0.6 is 11.3 Å². The smallest absolute Gasteiger partial charge is 0.343 e. The molecule has 3 aromatic heterocycles. The molecule has 6 nitrogen and oxygen atoms in total. The first-order valence-corrected chi connectivity index (χ1v) is 11.8. The molecule has 0 bridgehead atoms. The number of carbonyl (C=O) groups is 1. The van der Waals surface area contributed by atoms with Gasteiger partial charge in [0.1, 0.15) is 28.5 Å². The number of halogens is 3. The second kappa shape index (κ2) is 8.94. The fourth-order valence-corrected chi connectivity index (χ4v) is 5.49. The topological polar surface area (TPSA) is 81.4 Å². The molecule has 35 heavy (non-hydrogen) atoms. The number of hydrogen-bond acceptors (Lipinski definition) is 6. The number of fused-ring (bicyclic) bond motifs is 2. The van der Waals surface area contributed by atoms with E-state index in [4.69, 9.17) is 4.74 Å². The maximum absolute atomic E-state index is 15.3. The average molecular weight is 500 g/mol. The minimum absolute atomic E-state index is 0.0122. The highest BCUT2D eigenvalue weighted by molar-refractivity contribution is 7.15. The van der Waals surface area contributed by atoms with Gasteiger partial charge in [-0.3, -0.25) is 9.36 Å². The Hall–Kier alpha value is -3.50. The Labute approximate surface area is 201 Å². The van der Waals surface area contributed by atoms with Gasteiger partial charge in [0.05, 0.1) is 28.7 Å². The van der Waals surface area contributed by atoms with Crippen molar-refractivity contribution in [3.63, 3.8) is 0 Å². The van der Waals surface area contributed by atoms with Gasteiger partial charge in [-0.2, -0.15) is 0 Å². The van der Waals surface area contributed by atoms with Crippen LogP contribution in [0.2, 0.25) is 0 Å². The molecule has 5 rings (SSSR count). The van der Waals surface area contributed by atoms with Crippen LogP contribution in [0.4, 0.5) is 13.2 Å². The quantitative estimate of drug-likeness (QED) is 0.396. The van der Waals surface area contributed by atoms with E-state index in [0.717, 1.165) is 52.2 Å². The van der Waals surface area contributed by atoms with E-state index in [2.05, 4.69) is 4.98 Å². The van der Waals surface area contributed by atoms with Crippen LogP contribution in [0.25, 0.3) is 27.3 Å². The molecule has 0 radical (unpaired) electrons. The second-order valence-corrected chi connectivity index (χ2v) is 9.24. The molecule has 0 fully saturated rings. The van der Waals surface area contributed by atoms with Gasteiger partial charge in [0.25, 0.3) is 0 Å². The molecule has 3 heterocycles. The SMILES string of the molecule is CCOC(=O)c1cn(-c2ccc(F)cc2F)c2nc(-c3cc4c(s3)C(O)CCC4)c(F)cc2c1=O. The molecule has 1 atom stereocenters. The van der Waals surface area contributed by atoms with Crippen molar-refractivity contribution in [3.05, 3.63) is 80.2 Å². The van der Waals surface area contributed by atoms with Crippen LogP contribution in [-0.4, -0.2) is 27.2 Å². The maximum Gasteiger partial charge on any atom is 0.343 e. The number of pyridine rings is 2. The Balaban J connectivity index is 1.80. The van der Waals surface area contributed by atoms with E-state index >= 15 is 4.39 Å². The molecule has 0 saturated carbocycles. The first-order valence-electron chi connectivity index (χ1n) is 11.0. The summed E-state index contributed by atoms with van der Waals surface area (Å²) in [6.07, 6.45) is 2.58. The summed E-state index contributed by atoms with van der Waals surface area (Å²) in [5, 5.41) is 10.0. The minimum atomic E-state index is -0.966. The molecule has 0 aliphatic heterocycles. The summed E-state index contributed by atoms with van der Waals surface area (Å²) in [5.41, 5.74) is -0.735.